The average Bonchev–Trinajstić information content (AvgIpc) is 2.85. The summed E-state index contributed by atoms with van der Waals surface area (Å²) in [5.41, 5.74) is 1.51. The number of hydrogen-bond donors (Lipinski definition) is 2. The molecule has 1 aromatic heterocycles. The maximum Gasteiger partial charge on any atom is 0.267 e. The summed E-state index contributed by atoms with van der Waals surface area (Å²) >= 11 is 0. The molecule has 0 radical (unpaired) electrons. The lowest BCUT2D eigenvalue weighted by atomic mass is 10.1. The molecule has 2 aromatic rings. The third-order valence-electron chi connectivity index (χ3n) is 3.32. The van der Waals surface area contributed by atoms with E-state index in [1.165, 1.54) is 0 Å². The molecule has 4 heteroatoms. The third-order valence-corrected chi connectivity index (χ3v) is 3.32. The van der Waals surface area contributed by atoms with E-state index in [1.807, 2.05) is 24.3 Å². The van der Waals surface area contributed by atoms with Crippen LogP contribution in [0.25, 0.3) is 10.9 Å². The molecule has 4 nitrogen and oxygen atoms in total. The maximum atomic E-state index is 12.0. The van der Waals surface area contributed by atoms with Gasteiger partial charge in [0.2, 0.25) is 0 Å². The van der Waals surface area contributed by atoms with E-state index in [0.29, 0.717) is 11.6 Å². The van der Waals surface area contributed by atoms with Crippen LogP contribution >= 0.6 is 0 Å². The number of methoxy groups -OCH3 is 1. The lowest BCUT2D eigenvalue weighted by Crippen LogP contribution is -2.24. The summed E-state index contributed by atoms with van der Waals surface area (Å²) in [6.45, 7) is 5.09. The van der Waals surface area contributed by atoms with Crippen LogP contribution in [0.3, 0.4) is 0 Å². The van der Waals surface area contributed by atoms with E-state index in [4.69, 9.17) is 4.74 Å². The molecule has 2 N–H and O–H groups in total. The quantitative estimate of drug-likeness (QED) is 0.794. The minimum atomic E-state index is -0.0519. The standard InChI is InChI=1S/C16H22N2O2/c1-11(2)5-4-8-17-16(19)15-9-12-6-7-13(20-3)10-14(12)18-15/h6-7,9-11,18H,4-5,8H2,1-3H3,(H,17,19). The molecule has 0 aliphatic rings. The Morgan fingerprint density at radius 2 is 2.15 bits per heavy atom. The molecule has 108 valence electrons. The summed E-state index contributed by atoms with van der Waals surface area (Å²) in [4.78, 5) is 15.2. The number of carbonyl (C=O) groups is 1. The number of nitrogens with one attached hydrogen (secondary N) is 2. The molecule has 0 bridgehead atoms. The van der Waals surface area contributed by atoms with Crippen LogP contribution < -0.4 is 10.1 Å². The average molecular weight is 274 g/mol. The molecule has 1 heterocycles. The molecular formula is C16H22N2O2. The zero-order valence-electron chi connectivity index (χ0n) is 12.3. The Kier molecular flexibility index (Phi) is 4.66. The third kappa shape index (κ3) is 3.53. The predicted octanol–water partition coefficient (Wildman–Crippen LogP) is 3.34. The van der Waals surface area contributed by atoms with Crippen LogP contribution in [0.2, 0.25) is 0 Å². The Bertz CT molecular complexity index is 587. The molecule has 20 heavy (non-hydrogen) atoms. The van der Waals surface area contributed by atoms with Gasteiger partial charge in [-0.2, -0.15) is 0 Å². The molecule has 2 rings (SSSR count). The van der Waals surface area contributed by atoms with Crippen LogP contribution in [0, 0.1) is 5.92 Å². The molecule has 0 unspecified atom stereocenters. The molecule has 0 saturated heterocycles. The number of aromatic amines is 1. The SMILES string of the molecule is COc1ccc2cc(C(=O)NCCCC(C)C)[nH]c2c1. The van der Waals surface area contributed by atoms with E-state index < -0.39 is 0 Å². The van der Waals surface area contributed by atoms with E-state index in [0.717, 1.165) is 36.0 Å². The highest BCUT2D eigenvalue weighted by molar-refractivity contribution is 5.98. The van der Waals surface area contributed by atoms with E-state index in [-0.39, 0.29) is 5.91 Å². The number of H-pyrrole nitrogens is 1. The van der Waals surface area contributed by atoms with Crippen molar-refractivity contribution in [1.82, 2.24) is 10.3 Å². The van der Waals surface area contributed by atoms with Crippen LogP contribution in [0.15, 0.2) is 24.3 Å². The Labute approximate surface area is 119 Å². The molecule has 1 aromatic carbocycles. The van der Waals surface area contributed by atoms with Gasteiger partial charge >= 0.3 is 0 Å². The minimum Gasteiger partial charge on any atom is -0.497 e. The van der Waals surface area contributed by atoms with Gasteiger partial charge in [-0.05, 0) is 37.0 Å². The number of ether oxygens (including phenoxy) is 1. The number of aromatic nitrogens is 1. The number of benzene rings is 1. The number of amides is 1. The highest BCUT2D eigenvalue weighted by Crippen LogP contribution is 2.21. The van der Waals surface area contributed by atoms with E-state index in [2.05, 4.69) is 24.1 Å². The molecule has 0 atom stereocenters. The number of rotatable bonds is 6. The summed E-state index contributed by atoms with van der Waals surface area (Å²) in [5, 5.41) is 3.95. The van der Waals surface area contributed by atoms with Gasteiger partial charge in [-0.15, -0.1) is 0 Å². The first kappa shape index (κ1) is 14.4. The Hall–Kier alpha value is -1.97. The van der Waals surface area contributed by atoms with E-state index in [1.54, 1.807) is 7.11 Å². The van der Waals surface area contributed by atoms with Crippen LogP contribution in [-0.4, -0.2) is 24.5 Å². The largest absolute Gasteiger partial charge is 0.497 e. The molecule has 0 aliphatic heterocycles. The van der Waals surface area contributed by atoms with Crippen LogP contribution in [0.5, 0.6) is 5.75 Å². The lowest BCUT2D eigenvalue weighted by Gasteiger charge is -2.05. The van der Waals surface area contributed by atoms with Gasteiger partial charge in [0.25, 0.3) is 5.91 Å². The van der Waals surface area contributed by atoms with Gasteiger partial charge < -0.3 is 15.0 Å². The minimum absolute atomic E-state index is 0.0519. The monoisotopic (exact) mass is 274 g/mol. The maximum absolute atomic E-state index is 12.0. The van der Waals surface area contributed by atoms with Crippen molar-refractivity contribution in [2.45, 2.75) is 26.7 Å². The van der Waals surface area contributed by atoms with Gasteiger partial charge in [-0.1, -0.05) is 13.8 Å². The fourth-order valence-electron chi connectivity index (χ4n) is 2.16. The van der Waals surface area contributed by atoms with Crippen LogP contribution in [0.4, 0.5) is 0 Å². The van der Waals surface area contributed by atoms with Crippen molar-refractivity contribution in [1.29, 1.82) is 0 Å². The first-order valence-electron chi connectivity index (χ1n) is 7.05. The van der Waals surface area contributed by atoms with Crippen molar-refractivity contribution in [2.24, 2.45) is 5.92 Å². The van der Waals surface area contributed by atoms with Gasteiger partial charge in [0.15, 0.2) is 0 Å². The van der Waals surface area contributed by atoms with E-state index >= 15 is 0 Å². The Morgan fingerprint density at radius 3 is 2.85 bits per heavy atom. The highest BCUT2D eigenvalue weighted by Gasteiger charge is 2.09. The lowest BCUT2D eigenvalue weighted by molar-refractivity contribution is 0.0948. The van der Waals surface area contributed by atoms with Gasteiger partial charge in [0.1, 0.15) is 11.4 Å². The molecule has 0 spiro atoms. The number of carbonyl (C=O) groups excluding carboxylic acids is 1. The molecular weight excluding hydrogens is 252 g/mol. The summed E-state index contributed by atoms with van der Waals surface area (Å²) in [5.74, 6) is 1.40. The first-order chi connectivity index (χ1) is 9.60. The fourth-order valence-corrected chi connectivity index (χ4v) is 2.16. The zero-order chi connectivity index (χ0) is 14.5. The predicted molar refractivity (Wildman–Crippen MR) is 81.3 cm³/mol. The Morgan fingerprint density at radius 1 is 1.35 bits per heavy atom. The number of fused-ring (bicyclic) bond motifs is 1. The van der Waals surface area contributed by atoms with E-state index in [9.17, 15) is 4.79 Å². The van der Waals surface area contributed by atoms with Gasteiger partial charge in [0.05, 0.1) is 7.11 Å². The van der Waals surface area contributed by atoms with Gasteiger partial charge in [0, 0.05) is 23.5 Å². The normalized spacial score (nSPS) is 11.0. The van der Waals surface area contributed by atoms with Crippen molar-refractivity contribution < 1.29 is 9.53 Å². The second-order valence-corrected chi connectivity index (χ2v) is 5.43. The van der Waals surface area contributed by atoms with Gasteiger partial charge in [-0.25, -0.2) is 0 Å². The summed E-state index contributed by atoms with van der Waals surface area (Å²) in [6, 6.07) is 7.60. The smallest absolute Gasteiger partial charge is 0.267 e. The Balaban J connectivity index is 1.99. The molecule has 0 saturated carbocycles. The van der Waals surface area contributed by atoms with Crippen molar-refractivity contribution in [2.75, 3.05) is 13.7 Å². The van der Waals surface area contributed by atoms with Crippen molar-refractivity contribution in [3.63, 3.8) is 0 Å². The second-order valence-electron chi connectivity index (χ2n) is 5.43. The summed E-state index contributed by atoms with van der Waals surface area (Å²) in [7, 11) is 1.63. The highest BCUT2D eigenvalue weighted by atomic mass is 16.5. The van der Waals surface area contributed by atoms with Crippen molar-refractivity contribution in [3.05, 3.63) is 30.0 Å². The molecule has 1 amide bonds. The summed E-state index contributed by atoms with van der Waals surface area (Å²) in [6.07, 6.45) is 2.14. The molecule has 0 fully saturated rings. The zero-order valence-corrected chi connectivity index (χ0v) is 12.3. The van der Waals surface area contributed by atoms with Crippen LogP contribution in [-0.2, 0) is 0 Å². The van der Waals surface area contributed by atoms with Crippen molar-refractivity contribution in [3.8, 4) is 5.75 Å². The van der Waals surface area contributed by atoms with Crippen LogP contribution in [0.1, 0.15) is 37.2 Å². The number of hydrogen-bond acceptors (Lipinski definition) is 2. The summed E-state index contributed by atoms with van der Waals surface area (Å²) < 4.78 is 5.17. The second kappa shape index (κ2) is 6.46. The fraction of sp³-hybridized carbons (Fsp3) is 0.438. The van der Waals surface area contributed by atoms with Crippen molar-refractivity contribution >= 4 is 16.8 Å². The first-order valence-corrected chi connectivity index (χ1v) is 7.05. The topological polar surface area (TPSA) is 54.1 Å². The van der Waals surface area contributed by atoms with Gasteiger partial charge in [-0.3, -0.25) is 4.79 Å². The molecule has 0 aliphatic carbocycles.